The van der Waals surface area contributed by atoms with Gasteiger partial charge in [-0.25, -0.2) is 0 Å². The van der Waals surface area contributed by atoms with E-state index in [1.54, 1.807) is 19.1 Å². The van der Waals surface area contributed by atoms with Crippen molar-refractivity contribution < 1.29 is 14.3 Å². The van der Waals surface area contributed by atoms with E-state index < -0.39 is 5.54 Å². The Balaban J connectivity index is 2.38. The summed E-state index contributed by atoms with van der Waals surface area (Å²) in [6.07, 6.45) is 1.44. The van der Waals surface area contributed by atoms with Crippen molar-refractivity contribution in [3.05, 3.63) is 0 Å². The molecule has 1 heterocycles. The second-order valence-electron chi connectivity index (χ2n) is 4.03. The van der Waals surface area contributed by atoms with Crippen molar-refractivity contribution in [3.8, 4) is 0 Å². The predicted octanol–water partition coefficient (Wildman–Crippen LogP) is -0.401. The maximum atomic E-state index is 11.9. The molecule has 1 aliphatic heterocycles. The molecule has 88 valence electrons. The van der Waals surface area contributed by atoms with Crippen molar-refractivity contribution in [2.24, 2.45) is 5.73 Å². The average Bonchev–Trinajstić information content (AvgIpc) is 2.65. The van der Waals surface area contributed by atoms with Gasteiger partial charge >= 0.3 is 0 Å². The number of amides is 1. The molecular formula is C10H20N2O3. The molecule has 1 rings (SSSR count). The van der Waals surface area contributed by atoms with Crippen molar-refractivity contribution in [2.75, 3.05) is 40.5 Å². The largest absolute Gasteiger partial charge is 0.385 e. The number of carbonyl (C=O) groups excluding carboxylic acids is 1. The van der Waals surface area contributed by atoms with Crippen LogP contribution in [0, 0.1) is 0 Å². The smallest absolute Gasteiger partial charge is 0.244 e. The first-order valence-corrected chi connectivity index (χ1v) is 5.21. The fraction of sp³-hybridized carbons (Fsp3) is 0.900. The fourth-order valence-electron chi connectivity index (χ4n) is 1.68. The number of methoxy groups -OCH3 is 1. The highest BCUT2D eigenvalue weighted by Crippen LogP contribution is 2.17. The number of hydrogen-bond donors (Lipinski definition) is 1. The summed E-state index contributed by atoms with van der Waals surface area (Å²) in [6.45, 7) is 2.24. The van der Waals surface area contributed by atoms with E-state index in [2.05, 4.69) is 0 Å². The van der Waals surface area contributed by atoms with Gasteiger partial charge in [-0.2, -0.15) is 0 Å². The summed E-state index contributed by atoms with van der Waals surface area (Å²) in [5, 5.41) is 0. The third-order valence-electron chi connectivity index (χ3n) is 2.67. The van der Waals surface area contributed by atoms with E-state index in [-0.39, 0.29) is 5.91 Å². The fourth-order valence-corrected chi connectivity index (χ4v) is 1.68. The van der Waals surface area contributed by atoms with E-state index in [0.29, 0.717) is 32.8 Å². The van der Waals surface area contributed by atoms with Gasteiger partial charge in [-0.05, 0) is 12.8 Å². The summed E-state index contributed by atoms with van der Waals surface area (Å²) in [4.78, 5) is 13.6. The molecule has 5 heteroatoms. The highest BCUT2D eigenvalue weighted by atomic mass is 16.5. The van der Waals surface area contributed by atoms with Crippen molar-refractivity contribution >= 4 is 5.91 Å². The van der Waals surface area contributed by atoms with Gasteiger partial charge in [0.1, 0.15) is 5.54 Å². The predicted molar refractivity (Wildman–Crippen MR) is 56.5 cm³/mol. The molecule has 15 heavy (non-hydrogen) atoms. The highest BCUT2D eigenvalue weighted by molar-refractivity contribution is 5.86. The van der Waals surface area contributed by atoms with Gasteiger partial charge in [-0.1, -0.05) is 0 Å². The van der Waals surface area contributed by atoms with Gasteiger partial charge in [0.25, 0.3) is 0 Å². The first kappa shape index (κ1) is 12.4. The number of hydrogen-bond acceptors (Lipinski definition) is 4. The minimum Gasteiger partial charge on any atom is -0.385 e. The number of likely N-dealkylation sites (N-methyl/N-ethyl adjacent to an activating group) is 1. The van der Waals surface area contributed by atoms with Crippen LogP contribution in [0.15, 0.2) is 0 Å². The Labute approximate surface area is 90.5 Å². The van der Waals surface area contributed by atoms with Gasteiger partial charge in [0.2, 0.25) is 5.91 Å². The molecule has 0 spiro atoms. The molecule has 1 unspecified atom stereocenters. The summed E-state index contributed by atoms with van der Waals surface area (Å²) < 4.78 is 10.1. The summed E-state index contributed by atoms with van der Waals surface area (Å²) in [6, 6.07) is 0. The molecule has 5 nitrogen and oxygen atoms in total. The van der Waals surface area contributed by atoms with Crippen LogP contribution in [0.2, 0.25) is 0 Å². The molecule has 0 radical (unpaired) electrons. The number of rotatable bonds is 5. The Morgan fingerprint density at radius 1 is 1.67 bits per heavy atom. The van der Waals surface area contributed by atoms with E-state index in [1.165, 1.54) is 0 Å². The van der Waals surface area contributed by atoms with Gasteiger partial charge in [0.05, 0.1) is 6.61 Å². The number of nitrogens with two attached hydrogens (primary N) is 1. The molecule has 2 N–H and O–H groups in total. The average molecular weight is 216 g/mol. The summed E-state index contributed by atoms with van der Waals surface area (Å²) >= 11 is 0. The SMILES string of the molecule is COCCCN(C)C(=O)C1(N)CCOC1. The first-order valence-electron chi connectivity index (χ1n) is 5.21. The van der Waals surface area contributed by atoms with E-state index in [4.69, 9.17) is 15.2 Å². The lowest BCUT2D eigenvalue weighted by Crippen LogP contribution is -2.55. The molecule has 1 amide bonds. The quantitative estimate of drug-likeness (QED) is 0.635. The molecular weight excluding hydrogens is 196 g/mol. The normalized spacial score (nSPS) is 25.5. The Kier molecular flexibility index (Phi) is 4.50. The molecule has 1 aliphatic rings. The third kappa shape index (κ3) is 3.15. The maximum absolute atomic E-state index is 11.9. The summed E-state index contributed by atoms with van der Waals surface area (Å²) in [5.41, 5.74) is 5.16. The van der Waals surface area contributed by atoms with Crippen molar-refractivity contribution in [1.29, 1.82) is 0 Å². The van der Waals surface area contributed by atoms with Crippen molar-refractivity contribution in [2.45, 2.75) is 18.4 Å². The minimum absolute atomic E-state index is 0.0314. The Morgan fingerprint density at radius 2 is 2.40 bits per heavy atom. The number of ether oxygens (including phenoxy) is 2. The topological polar surface area (TPSA) is 64.8 Å². The van der Waals surface area contributed by atoms with Gasteiger partial charge in [-0.3, -0.25) is 4.79 Å². The van der Waals surface area contributed by atoms with Crippen LogP contribution in [-0.2, 0) is 14.3 Å². The van der Waals surface area contributed by atoms with E-state index in [0.717, 1.165) is 6.42 Å². The van der Waals surface area contributed by atoms with Crippen LogP contribution in [0.4, 0.5) is 0 Å². The molecule has 0 aliphatic carbocycles. The van der Waals surface area contributed by atoms with Crippen molar-refractivity contribution in [1.82, 2.24) is 4.90 Å². The number of nitrogens with zero attached hydrogens (tertiary/aromatic N) is 1. The molecule has 0 aromatic heterocycles. The molecule has 1 fully saturated rings. The van der Waals surface area contributed by atoms with Gasteiger partial charge in [0, 0.05) is 33.9 Å². The molecule has 1 atom stereocenters. The van der Waals surface area contributed by atoms with Crippen molar-refractivity contribution in [3.63, 3.8) is 0 Å². The highest BCUT2D eigenvalue weighted by Gasteiger charge is 2.39. The third-order valence-corrected chi connectivity index (χ3v) is 2.67. The zero-order valence-electron chi connectivity index (χ0n) is 9.49. The maximum Gasteiger partial charge on any atom is 0.244 e. The molecule has 1 saturated heterocycles. The van der Waals surface area contributed by atoms with E-state index in [9.17, 15) is 4.79 Å². The van der Waals surface area contributed by atoms with E-state index >= 15 is 0 Å². The zero-order chi connectivity index (χ0) is 11.3. The lowest BCUT2D eigenvalue weighted by atomic mass is 9.98. The second-order valence-corrected chi connectivity index (χ2v) is 4.03. The molecule has 0 bridgehead atoms. The molecule has 0 aromatic rings. The zero-order valence-corrected chi connectivity index (χ0v) is 9.49. The second kappa shape index (κ2) is 5.44. The van der Waals surface area contributed by atoms with Crippen LogP contribution in [0.25, 0.3) is 0 Å². The van der Waals surface area contributed by atoms with Crippen LogP contribution in [0.3, 0.4) is 0 Å². The van der Waals surface area contributed by atoms with E-state index in [1.807, 2.05) is 0 Å². The lowest BCUT2D eigenvalue weighted by molar-refractivity contribution is -0.135. The molecule has 0 saturated carbocycles. The van der Waals surface area contributed by atoms with Crippen LogP contribution in [0.1, 0.15) is 12.8 Å². The van der Waals surface area contributed by atoms with Crippen LogP contribution in [-0.4, -0.2) is 56.9 Å². The minimum atomic E-state index is -0.804. The van der Waals surface area contributed by atoms with Crippen LogP contribution >= 0.6 is 0 Å². The van der Waals surface area contributed by atoms with Gasteiger partial charge in [-0.15, -0.1) is 0 Å². The Bertz CT molecular complexity index is 215. The summed E-state index contributed by atoms with van der Waals surface area (Å²) in [5.74, 6) is -0.0314. The Morgan fingerprint density at radius 3 is 2.93 bits per heavy atom. The van der Waals surface area contributed by atoms with Crippen LogP contribution < -0.4 is 5.73 Å². The summed E-state index contributed by atoms with van der Waals surface area (Å²) in [7, 11) is 3.42. The van der Waals surface area contributed by atoms with Gasteiger partial charge < -0.3 is 20.1 Å². The standard InChI is InChI=1S/C10H20N2O3/c1-12(5-3-6-14-2)9(13)10(11)4-7-15-8-10/h3-8,11H2,1-2H3. The lowest BCUT2D eigenvalue weighted by Gasteiger charge is -2.27. The molecule has 0 aromatic carbocycles. The Hall–Kier alpha value is -0.650. The monoisotopic (exact) mass is 216 g/mol. The van der Waals surface area contributed by atoms with Crippen LogP contribution in [0.5, 0.6) is 0 Å². The first-order chi connectivity index (χ1) is 7.10. The van der Waals surface area contributed by atoms with Gasteiger partial charge in [0.15, 0.2) is 0 Å². The number of carbonyl (C=O) groups is 1.